The van der Waals surface area contributed by atoms with Crippen LogP contribution in [0, 0.1) is 5.92 Å². The molecule has 0 aromatic carbocycles. The second-order valence-corrected chi connectivity index (χ2v) is 9.38. The standard InChI is InChI=1S/C22H37N5O9/c1-10(2)8-13(23)18(31)25-14(9-16(29)30)19(32)24-11(3)21(34)27-7-5-6-15(27)20(33)26-17(12(4)28)22(35)36/h10-15,17,28H,5-9,23H2,1-4H3,(H,24,32)(H,25,31)(H,26,33)(H,29,30)(H,35,36)/t11-,12+,13-,14-,15-,17-/m0/s1. The number of carboxylic acids is 2. The quantitative estimate of drug-likeness (QED) is 0.139. The molecule has 4 amide bonds. The number of aliphatic carboxylic acids is 2. The Morgan fingerprint density at radius 1 is 0.972 bits per heavy atom. The molecule has 0 aliphatic carbocycles. The van der Waals surface area contributed by atoms with Crippen LogP contribution in [-0.2, 0) is 28.8 Å². The molecule has 0 spiro atoms. The number of hydrogen-bond acceptors (Lipinski definition) is 8. The molecule has 204 valence electrons. The maximum atomic E-state index is 13.0. The number of carbonyl (C=O) groups is 6. The summed E-state index contributed by atoms with van der Waals surface area (Å²) in [4.78, 5) is 74.3. The highest BCUT2D eigenvalue weighted by atomic mass is 16.4. The van der Waals surface area contributed by atoms with Gasteiger partial charge in [0.1, 0.15) is 18.1 Å². The van der Waals surface area contributed by atoms with Crippen LogP contribution in [0.2, 0.25) is 0 Å². The number of carbonyl (C=O) groups excluding carboxylic acids is 4. The van der Waals surface area contributed by atoms with Gasteiger partial charge in [-0.1, -0.05) is 13.8 Å². The Kier molecular flexibility index (Phi) is 11.7. The van der Waals surface area contributed by atoms with Crippen LogP contribution in [0.25, 0.3) is 0 Å². The molecule has 14 heteroatoms. The molecule has 1 heterocycles. The van der Waals surface area contributed by atoms with Gasteiger partial charge in [-0.25, -0.2) is 4.79 Å². The van der Waals surface area contributed by atoms with Gasteiger partial charge >= 0.3 is 11.9 Å². The van der Waals surface area contributed by atoms with E-state index >= 15 is 0 Å². The van der Waals surface area contributed by atoms with Crippen LogP contribution < -0.4 is 21.7 Å². The van der Waals surface area contributed by atoms with E-state index in [0.29, 0.717) is 12.8 Å². The van der Waals surface area contributed by atoms with E-state index in [2.05, 4.69) is 16.0 Å². The van der Waals surface area contributed by atoms with Crippen molar-refractivity contribution in [1.82, 2.24) is 20.9 Å². The zero-order valence-corrected chi connectivity index (χ0v) is 20.9. The minimum atomic E-state index is -1.56. The zero-order chi connectivity index (χ0) is 27.7. The molecule has 36 heavy (non-hydrogen) atoms. The fourth-order valence-electron chi connectivity index (χ4n) is 3.84. The highest BCUT2D eigenvalue weighted by molar-refractivity contribution is 5.96. The number of nitrogens with two attached hydrogens (primary N) is 1. The van der Waals surface area contributed by atoms with Crippen molar-refractivity contribution < 1.29 is 44.1 Å². The molecule has 0 radical (unpaired) electrons. The number of rotatable bonds is 13. The lowest BCUT2D eigenvalue weighted by atomic mass is 10.0. The van der Waals surface area contributed by atoms with Crippen molar-refractivity contribution in [3.05, 3.63) is 0 Å². The third-order valence-electron chi connectivity index (χ3n) is 5.69. The minimum absolute atomic E-state index is 0.0899. The summed E-state index contributed by atoms with van der Waals surface area (Å²) in [5, 5.41) is 34.8. The van der Waals surface area contributed by atoms with Crippen molar-refractivity contribution in [2.75, 3.05) is 6.54 Å². The Labute approximate surface area is 208 Å². The van der Waals surface area contributed by atoms with Gasteiger partial charge < -0.3 is 41.9 Å². The third kappa shape index (κ3) is 9.07. The number of hydrogen-bond donors (Lipinski definition) is 7. The summed E-state index contributed by atoms with van der Waals surface area (Å²) < 4.78 is 0. The summed E-state index contributed by atoms with van der Waals surface area (Å²) in [6.45, 7) is 6.41. The van der Waals surface area contributed by atoms with E-state index in [1.165, 1.54) is 18.7 Å². The molecular formula is C22H37N5O9. The first-order chi connectivity index (χ1) is 16.6. The molecule has 1 aliphatic heterocycles. The van der Waals surface area contributed by atoms with Gasteiger partial charge in [0.25, 0.3) is 0 Å². The van der Waals surface area contributed by atoms with Crippen molar-refractivity contribution in [1.29, 1.82) is 0 Å². The van der Waals surface area contributed by atoms with E-state index in [1.807, 2.05) is 13.8 Å². The number of nitrogens with zero attached hydrogens (tertiary/aromatic N) is 1. The molecule has 0 unspecified atom stereocenters. The largest absolute Gasteiger partial charge is 0.481 e. The Balaban J connectivity index is 2.88. The average molecular weight is 516 g/mol. The summed E-state index contributed by atoms with van der Waals surface area (Å²) >= 11 is 0. The van der Waals surface area contributed by atoms with Crippen molar-refractivity contribution in [2.45, 2.75) is 89.7 Å². The fraction of sp³-hybridized carbons (Fsp3) is 0.727. The predicted molar refractivity (Wildman–Crippen MR) is 125 cm³/mol. The van der Waals surface area contributed by atoms with Crippen LogP contribution in [0.4, 0.5) is 0 Å². The van der Waals surface area contributed by atoms with Crippen LogP contribution in [0.1, 0.15) is 53.4 Å². The SMILES string of the molecule is CC(C)C[C@H](N)C(=O)N[C@@H](CC(=O)O)C(=O)N[C@@H](C)C(=O)N1CCC[C@H]1C(=O)N[C@H](C(=O)O)[C@@H](C)O. The van der Waals surface area contributed by atoms with Crippen LogP contribution in [0.3, 0.4) is 0 Å². The normalized spacial score (nSPS) is 19.5. The highest BCUT2D eigenvalue weighted by Gasteiger charge is 2.39. The molecule has 14 nitrogen and oxygen atoms in total. The number of aliphatic hydroxyl groups excluding tert-OH is 1. The molecule has 8 N–H and O–H groups in total. The third-order valence-corrected chi connectivity index (χ3v) is 5.69. The van der Waals surface area contributed by atoms with E-state index in [-0.39, 0.29) is 18.9 Å². The maximum Gasteiger partial charge on any atom is 0.328 e. The van der Waals surface area contributed by atoms with Gasteiger partial charge in [0.05, 0.1) is 18.6 Å². The summed E-state index contributed by atoms with van der Waals surface area (Å²) in [6, 6.07) is -6.19. The van der Waals surface area contributed by atoms with Gasteiger partial charge in [0.15, 0.2) is 6.04 Å². The van der Waals surface area contributed by atoms with E-state index in [1.54, 1.807) is 0 Å². The first kappa shape index (κ1) is 30.8. The average Bonchev–Trinajstić information content (AvgIpc) is 3.24. The smallest absolute Gasteiger partial charge is 0.328 e. The number of likely N-dealkylation sites (tertiary alicyclic amines) is 1. The van der Waals surface area contributed by atoms with Gasteiger partial charge in [-0.3, -0.25) is 24.0 Å². The topological polar surface area (TPSA) is 228 Å². The van der Waals surface area contributed by atoms with Crippen LogP contribution >= 0.6 is 0 Å². The van der Waals surface area contributed by atoms with Crippen molar-refractivity contribution in [3.8, 4) is 0 Å². The summed E-state index contributed by atoms with van der Waals surface area (Å²) in [5.74, 6) is -5.73. The van der Waals surface area contributed by atoms with Crippen LogP contribution in [0.5, 0.6) is 0 Å². The number of carboxylic acid groups (broad SMARTS) is 2. The van der Waals surface area contributed by atoms with Crippen LogP contribution in [0.15, 0.2) is 0 Å². The lowest BCUT2D eigenvalue weighted by molar-refractivity contribution is -0.147. The van der Waals surface area contributed by atoms with E-state index < -0.39 is 78.3 Å². The van der Waals surface area contributed by atoms with Gasteiger partial charge in [0.2, 0.25) is 23.6 Å². The lowest BCUT2D eigenvalue weighted by Crippen LogP contribution is -2.58. The zero-order valence-electron chi connectivity index (χ0n) is 20.9. The second-order valence-electron chi connectivity index (χ2n) is 9.38. The van der Waals surface area contributed by atoms with E-state index in [9.17, 15) is 33.9 Å². The highest BCUT2D eigenvalue weighted by Crippen LogP contribution is 2.19. The summed E-state index contributed by atoms with van der Waals surface area (Å²) in [5.41, 5.74) is 5.80. The Morgan fingerprint density at radius 3 is 2.08 bits per heavy atom. The lowest BCUT2D eigenvalue weighted by Gasteiger charge is -2.29. The number of nitrogens with one attached hydrogen (secondary N) is 3. The molecule has 1 aliphatic rings. The number of amides is 4. The van der Waals surface area contributed by atoms with E-state index in [0.717, 1.165) is 0 Å². The minimum Gasteiger partial charge on any atom is -0.481 e. The van der Waals surface area contributed by atoms with Crippen molar-refractivity contribution in [3.63, 3.8) is 0 Å². The van der Waals surface area contributed by atoms with E-state index in [4.69, 9.17) is 15.9 Å². The molecule has 1 fully saturated rings. The van der Waals surface area contributed by atoms with Gasteiger partial charge in [-0.15, -0.1) is 0 Å². The predicted octanol–water partition coefficient (Wildman–Crippen LogP) is -2.23. The molecule has 0 aromatic heterocycles. The Bertz CT molecular complexity index is 848. The second kappa shape index (κ2) is 13.7. The van der Waals surface area contributed by atoms with Gasteiger partial charge in [-0.05, 0) is 39.0 Å². The van der Waals surface area contributed by atoms with Crippen LogP contribution in [-0.4, -0.2) is 98.6 Å². The van der Waals surface area contributed by atoms with Crippen molar-refractivity contribution >= 4 is 35.6 Å². The molecule has 0 saturated carbocycles. The maximum absolute atomic E-state index is 13.0. The Hall–Kier alpha value is -3.26. The molecule has 0 aromatic rings. The monoisotopic (exact) mass is 515 g/mol. The van der Waals surface area contributed by atoms with Crippen molar-refractivity contribution in [2.24, 2.45) is 11.7 Å². The molecular weight excluding hydrogens is 478 g/mol. The fourth-order valence-corrected chi connectivity index (χ4v) is 3.84. The Morgan fingerprint density at radius 2 is 1.58 bits per heavy atom. The summed E-state index contributed by atoms with van der Waals surface area (Å²) in [7, 11) is 0. The van der Waals surface area contributed by atoms with Gasteiger partial charge in [0, 0.05) is 6.54 Å². The molecule has 1 rings (SSSR count). The first-order valence-corrected chi connectivity index (χ1v) is 11.8. The number of aliphatic hydroxyl groups is 1. The molecule has 0 bridgehead atoms. The summed E-state index contributed by atoms with van der Waals surface area (Å²) in [6.07, 6.45) is -1.10. The molecule has 1 saturated heterocycles. The molecule has 6 atom stereocenters. The first-order valence-electron chi connectivity index (χ1n) is 11.8. The van der Waals surface area contributed by atoms with Gasteiger partial charge in [-0.2, -0.15) is 0 Å².